The smallest absolute Gasteiger partial charge is 0.308 e. The summed E-state index contributed by atoms with van der Waals surface area (Å²) in [5, 5.41) is 0. The lowest BCUT2D eigenvalue weighted by Crippen LogP contribution is -2.45. The van der Waals surface area contributed by atoms with E-state index in [2.05, 4.69) is 6.92 Å². The summed E-state index contributed by atoms with van der Waals surface area (Å²) in [4.78, 5) is 11.4. The number of hydrogen-bond acceptors (Lipinski definition) is 3. The predicted molar refractivity (Wildman–Crippen MR) is 65.7 cm³/mol. The van der Waals surface area contributed by atoms with Crippen LogP contribution in [0, 0.1) is 5.92 Å². The first-order valence-corrected chi connectivity index (χ1v) is 6.88. The third-order valence-electron chi connectivity index (χ3n) is 4.34. The summed E-state index contributed by atoms with van der Waals surface area (Å²) >= 11 is 0. The molecule has 17 heavy (non-hydrogen) atoms. The van der Waals surface area contributed by atoms with Gasteiger partial charge in [0.1, 0.15) is 0 Å². The van der Waals surface area contributed by atoms with E-state index in [1.165, 1.54) is 26.4 Å². The van der Waals surface area contributed by atoms with Gasteiger partial charge in [-0.2, -0.15) is 0 Å². The molecule has 3 heteroatoms. The number of rotatable bonds is 4. The Bertz CT molecular complexity index is 263. The maximum atomic E-state index is 11.4. The number of ether oxygens (including phenoxy) is 2. The third kappa shape index (κ3) is 3.21. The van der Waals surface area contributed by atoms with Gasteiger partial charge in [0.05, 0.1) is 25.2 Å². The van der Waals surface area contributed by atoms with Gasteiger partial charge >= 0.3 is 5.97 Å². The summed E-state index contributed by atoms with van der Waals surface area (Å²) in [6.45, 7) is 2.31. The van der Waals surface area contributed by atoms with Gasteiger partial charge in [-0.15, -0.1) is 0 Å². The molecule has 0 bridgehead atoms. The molecule has 2 aliphatic rings. The fourth-order valence-corrected chi connectivity index (χ4v) is 2.94. The fourth-order valence-electron chi connectivity index (χ4n) is 2.94. The predicted octanol–water partition coefficient (Wildman–Crippen LogP) is 3.07. The Morgan fingerprint density at radius 1 is 1.24 bits per heavy atom. The first-order chi connectivity index (χ1) is 8.13. The lowest BCUT2D eigenvalue weighted by atomic mass is 9.76. The minimum atomic E-state index is -0.182. The fraction of sp³-hybridized carbons (Fsp3) is 0.929. The molecular formula is C14H24O3. The minimum Gasteiger partial charge on any atom is -0.469 e. The molecule has 3 nitrogen and oxygen atoms in total. The maximum Gasteiger partial charge on any atom is 0.308 e. The van der Waals surface area contributed by atoms with Crippen molar-refractivity contribution in [3.05, 3.63) is 0 Å². The molecule has 2 aliphatic carbocycles. The summed E-state index contributed by atoms with van der Waals surface area (Å²) in [6.07, 6.45) is 8.88. The Morgan fingerprint density at radius 3 is 2.35 bits per heavy atom. The van der Waals surface area contributed by atoms with E-state index in [0.29, 0.717) is 12.5 Å². The quantitative estimate of drug-likeness (QED) is 0.708. The molecule has 0 amide bonds. The van der Waals surface area contributed by atoms with E-state index in [0.717, 1.165) is 31.6 Å². The molecule has 0 aromatic carbocycles. The van der Waals surface area contributed by atoms with Crippen molar-refractivity contribution in [1.29, 1.82) is 0 Å². The van der Waals surface area contributed by atoms with Crippen LogP contribution in [0.3, 0.4) is 0 Å². The van der Waals surface area contributed by atoms with Crippen LogP contribution in [0.2, 0.25) is 0 Å². The molecule has 2 rings (SSSR count). The van der Waals surface area contributed by atoms with Crippen molar-refractivity contribution in [2.75, 3.05) is 7.11 Å². The lowest BCUT2D eigenvalue weighted by Gasteiger charge is -2.44. The monoisotopic (exact) mass is 240 g/mol. The van der Waals surface area contributed by atoms with Crippen molar-refractivity contribution in [2.24, 2.45) is 5.92 Å². The van der Waals surface area contributed by atoms with Crippen LogP contribution in [-0.2, 0) is 14.3 Å². The molecule has 2 fully saturated rings. The second kappa shape index (κ2) is 5.38. The Balaban J connectivity index is 1.84. The van der Waals surface area contributed by atoms with E-state index in [4.69, 9.17) is 9.47 Å². The number of esters is 1. The molecule has 0 saturated heterocycles. The van der Waals surface area contributed by atoms with Crippen LogP contribution in [0.25, 0.3) is 0 Å². The van der Waals surface area contributed by atoms with Gasteiger partial charge in [-0.3, -0.25) is 4.79 Å². The second-order valence-electron chi connectivity index (χ2n) is 5.79. The van der Waals surface area contributed by atoms with Gasteiger partial charge in [0.2, 0.25) is 0 Å². The molecule has 0 aliphatic heterocycles. The molecule has 0 radical (unpaired) electrons. The molecule has 0 N–H and O–H groups in total. The van der Waals surface area contributed by atoms with Gasteiger partial charge < -0.3 is 9.47 Å². The Kier molecular flexibility index (Phi) is 4.08. The Labute approximate surface area is 104 Å². The second-order valence-corrected chi connectivity index (χ2v) is 5.79. The lowest BCUT2D eigenvalue weighted by molar-refractivity contribution is -0.173. The summed E-state index contributed by atoms with van der Waals surface area (Å²) in [7, 11) is 1.46. The summed E-state index contributed by atoms with van der Waals surface area (Å²) < 4.78 is 11.0. The van der Waals surface area contributed by atoms with Crippen molar-refractivity contribution in [3.8, 4) is 0 Å². The minimum absolute atomic E-state index is 0.131. The highest BCUT2D eigenvalue weighted by Crippen LogP contribution is 2.42. The first kappa shape index (κ1) is 12.9. The molecule has 0 spiro atoms. The first-order valence-electron chi connectivity index (χ1n) is 6.88. The van der Waals surface area contributed by atoms with Crippen molar-refractivity contribution in [3.63, 3.8) is 0 Å². The van der Waals surface area contributed by atoms with Gasteiger partial charge in [-0.25, -0.2) is 0 Å². The van der Waals surface area contributed by atoms with Gasteiger partial charge in [0.15, 0.2) is 0 Å². The number of carbonyl (C=O) groups is 1. The summed E-state index contributed by atoms with van der Waals surface area (Å²) in [5.74, 6) is 0.710. The molecule has 0 heterocycles. The molecule has 0 atom stereocenters. The zero-order valence-electron chi connectivity index (χ0n) is 11.0. The molecule has 98 valence electrons. The zero-order valence-corrected chi connectivity index (χ0v) is 11.0. The molecule has 0 aromatic heterocycles. The average molecular weight is 240 g/mol. The van der Waals surface area contributed by atoms with Crippen molar-refractivity contribution >= 4 is 5.97 Å². The van der Waals surface area contributed by atoms with Gasteiger partial charge in [-0.05, 0) is 50.9 Å². The Morgan fingerprint density at radius 2 is 1.88 bits per heavy atom. The summed E-state index contributed by atoms with van der Waals surface area (Å²) in [5.41, 5.74) is -0.182. The van der Waals surface area contributed by atoms with E-state index >= 15 is 0 Å². The number of methoxy groups -OCH3 is 1. The van der Waals surface area contributed by atoms with Gasteiger partial charge in [0, 0.05) is 0 Å². The average Bonchev–Trinajstić information content (AvgIpc) is 2.29. The van der Waals surface area contributed by atoms with E-state index < -0.39 is 0 Å². The van der Waals surface area contributed by atoms with Crippen LogP contribution < -0.4 is 0 Å². The SMILES string of the molecule is COC(=O)CC1(OC2CCC(C)CC2)CCC1. The van der Waals surface area contributed by atoms with E-state index in [9.17, 15) is 4.79 Å². The van der Waals surface area contributed by atoms with Crippen LogP contribution in [0.1, 0.15) is 58.3 Å². The summed E-state index contributed by atoms with van der Waals surface area (Å²) in [6, 6.07) is 0. The van der Waals surface area contributed by atoms with Crippen molar-refractivity contribution in [2.45, 2.75) is 70.0 Å². The molecule has 0 aromatic rings. The van der Waals surface area contributed by atoms with Crippen molar-refractivity contribution in [1.82, 2.24) is 0 Å². The normalized spacial score (nSPS) is 31.6. The molecular weight excluding hydrogens is 216 g/mol. The molecule has 0 unspecified atom stereocenters. The van der Waals surface area contributed by atoms with Gasteiger partial charge in [0.25, 0.3) is 0 Å². The third-order valence-corrected chi connectivity index (χ3v) is 4.34. The van der Waals surface area contributed by atoms with E-state index in [-0.39, 0.29) is 11.6 Å². The van der Waals surface area contributed by atoms with E-state index in [1.807, 2.05) is 0 Å². The van der Waals surface area contributed by atoms with Crippen LogP contribution in [0.5, 0.6) is 0 Å². The van der Waals surface area contributed by atoms with Crippen LogP contribution in [-0.4, -0.2) is 24.8 Å². The van der Waals surface area contributed by atoms with Crippen LogP contribution in [0.4, 0.5) is 0 Å². The van der Waals surface area contributed by atoms with Crippen LogP contribution in [0.15, 0.2) is 0 Å². The topological polar surface area (TPSA) is 35.5 Å². The molecule has 2 saturated carbocycles. The Hall–Kier alpha value is -0.570. The number of hydrogen-bond donors (Lipinski definition) is 0. The highest BCUT2D eigenvalue weighted by molar-refractivity contribution is 5.70. The largest absolute Gasteiger partial charge is 0.469 e. The van der Waals surface area contributed by atoms with Crippen molar-refractivity contribution < 1.29 is 14.3 Å². The standard InChI is InChI=1S/C14H24O3/c1-11-4-6-12(7-5-11)17-14(8-3-9-14)10-13(15)16-2/h11-12H,3-10H2,1-2H3. The highest BCUT2D eigenvalue weighted by atomic mass is 16.5. The highest BCUT2D eigenvalue weighted by Gasteiger charge is 2.42. The number of carbonyl (C=O) groups excluding carboxylic acids is 1. The van der Waals surface area contributed by atoms with Gasteiger partial charge in [-0.1, -0.05) is 6.92 Å². The van der Waals surface area contributed by atoms with E-state index in [1.54, 1.807) is 0 Å². The maximum absolute atomic E-state index is 11.4. The zero-order chi connectivity index (χ0) is 12.3. The van der Waals surface area contributed by atoms with Crippen LogP contribution >= 0.6 is 0 Å².